The number of nitrogens with one attached hydrogen (secondary N) is 1. The number of aryl methyl sites for hydroxylation is 1. The molecule has 0 aliphatic carbocycles. The predicted octanol–water partition coefficient (Wildman–Crippen LogP) is 3.02. The molecule has 0 spiro atoms. The Kier molecular flexibility index (Phi) is 5.38. The van der Waals surface area contributed by atoms with Crippen LogP contribution in [-0.4, -0.2) is 47.0 Å². The number of likely N-dealkylation sites (tertiary alicyclic amines) is 1. The van der Waals surface area contributed by atoms with Crippen LogP contribution in [0.3, 0.4) is 0 Å². The molecule has 0 bridgehead atoms. The van der Waals surface area contributed by atoms with E-state index < -0.39 is 0 Å². The maximum atomic E-state index is 12.7. The molecular formula is C19H26N4O2. The molecule has 6 nitrogen and oxygen atoms in total. The molecule has 2 unspecified atom stereocenters. The maximum absolute atomic E-state index is 12.7. The summed E-state index contributed by atoms with van der Waals surface area (Å²) in [5.74, 6) is 1.10. The van der Waals surface area contributed by atoms with Crippen LogP contribution in [0.4, 0.5) is 10.6 Å². The van der Waals surface area contributed by atoms with Crippen LogP contribution in [0.1, 0.15) is 30.5 Å². The lowest BCUT2D eigenvalue weighted by molar-refractivity contribution is 0.201. The highest BCUT2D eigenvalue weighted by molar-refractivity contribution is 5.89. The Hall–Kier alpha value is -2.34. The number of aromatic nitrogens is 2. The van der Waals surface area contributed by atoms with Crippen molar-refractivity contribution in [2.24, 2.45) is 7.05 Å². The molecule has 1 fully saturated rings. The van der Waals surface area contributed by atoms with Crippen molar-refractivity contribution in [2.45, 2.75) is 31.7 Å². The Morgan fingerprint density at radius 1 is 1.36 bits per heavy atom. The summed E-state index contributed by atoms with van der Waals surface area (Å²) in [7, 11) is 3.51. The van der Waals surface area contributed by atoms with Gasteiger partial charge in [-0.15, -0.1) is 0 Å². The minimum Gasteiger partial charge on any atom is -0.384 e. The minimum atomic E-state index is -0.0628. The van der Waals surface area contributed by atoms with Crippen LogP contribution in [-0.2, 0) is 18.2 Å². The molecule has 2 atom stereocenters. The van der Waals surface area contributed by atoms with Gasteiger partial charge in [-0.1, -0.05) is 30.3 Å². The molecule has 2 amide bonds. The number of carbonyl (C=O) groups is 1. The van der Waals surface area contributed by atoms with Crippen molar-refractivity contribution in [1.29, 1.82) is 0 Å². The second-order valence-corrected chi connectivity index (χ2v) is 6.56. The maximum Gasteiger partial charge on any atom is 0.323 e. The lowest BCUT2D eigenvalue weighted by Crippen LogP contribution is -2.38. The molecule has 6 heteroatoms. The van der Waals surface area contributed by atoms with Crippen molar-refractivity contribution in [2.75, 3.05) is 25.6 Å². The fraction of sp³-hybridized carbons (Fsp3) is 0.474. The van der Waals surface area contributed by atoms with Gasteiger partial charge in [-0.2, -0.15) is 5.10 Å². The van der Waals surface area contributed by atoms with E-state index in [-0.39, 0.29) is 12.1 Å². The molecule has 1 aromatic carbocycles. The summed E-state index contributed by atoms with van der Waals surface area (Å²) in [5, 5.41) is 7.41. The molecule has 2 aromatic rings. The van der Waals surface area contributed by atoms with Gasteiger partial charge in [0.05, 0.1) is 12.3 Å². The quantitative estimate of drug-likeness (QED) is 0.909. The average molecular weight is 342 g/mol. The van der Waals surface area contributed by atoms with Gasteiger partial charge in [0.25, 0.3) is 0 Å². The number of nitrogens with zero attached hydrogens (tertiary/aromatic N) is 3. The zero-order valence-corrected chi connectivity index (χ0v) is 15.1. The van der Waals surface area contributed by atoms with Gasteiger partial charge in [0.1, 0.15) is 5.82 Å². The van der Waals surface area contributed by atoms with Crippen molar-refractivity contribution in [3.63, 3.8) is 0 Å². The SMILES string of the molecule is COCCc1cc(NC(=O)N2CCC(c3ccccc3)C2C)n(C)n1. The first-order valence-electron chi connectivity index (χ1n) is 8.74. The van der Waals surface area contributed by atoms with E-state index >= 15 is 0 Å². The second-order valence-electron chi connectivity index (χ2n) is 6.56. The lowest BCUT2D eigenvalue weighted by Gasteiger charge is -2.25. The van der Waals surface area contributed by atoms with E-state index in [1.54, 1.807) is 11.8 Å². The largest absolute Gasteiger partial charge is 0.384 e. The van der Waals surface area contributed by atoms with Gasteiger partial charge in [0, 0.05) is 45.1 Å². The van der Waals surface area contributed by atoms with E-state index in [2.05, 4.69) is 41.6 Å². The Morgan fingerprint density at radius 3 is 2.84 bits per heavy atom. The molecule has 0 saturated carbocycles. The number of amides is 2. The molecule has 1 aromatic heterocycles. The normalized spacial score (nSPS) is 20.0. The zero-order chi connectivity index (χ0) is 17.8. The first-order valence-corrected chi connectivity index (χ1v) is 8.74. The topological polar surface area (TPSA) is 59.4 Å². The molecule has 2 heterocycles. The summed E-state index contributed by atoms with van der Waals surface area (Å²) >= 11 is 0. The van der Waals surface area contributed by atoms with E-state index in [1.165, 1.54) is 5.56 Å². The number of methoxy groups -OCH3 is 1. The van der Waals surface area contributed by atoms with Crippen LogP contribution in [0.25, 0.3) is 0 Å². The van der Waals surface area contributed by atoms with Crippen molar-refractivity contribution >= 4 is 11.8 Å². The molecule has 1 saturated heterocycles. The van der Waals surface area contributed by atoms with Crippen molar-refractivity contribution in [3.05, 3.63) is 47.7 Å². The van der Waals surface area contributed by atoms with Crippen LogP contribution in [0.5, 0.6) is 0 Å². The van der Waals surface area contributed by atoms with Crippen LogP contribution >= 0.6 is 0 Å². The highest BCUT2D eigenvalue weighted by Gasteiger charge is 2.34. The van der Waals surface area contributed by atoms with Crippen molar-refractivity contribution in [1.82, 2.24) is 14.7 Å². The molecule has 3 rings (SSSR count). The summed E-state index contributed by atoms with van der Waals surface area (Å²) in [6, 6.07) is 12.4. The monoisotopic (exact) mass is 342 g/mol. The number of rotatable bonds is 5. The Balaban J connectivity index is 1.65. The number of hydrogen-bond acceptors (Lipinski definition) is 3. The van der Waals surface area contributed by atoms with Gasteiger partial charge in [0.2, 0.25) is 0 Å². The molecule has 25 heavy (non-hydrogen) atoms. The van der Waals surface area contributed by atoms with Crippen LogP contribution in [0.2, 0.25) is 0 Å². The van der Waals surface area contributed by atoms with Gasteiger partial charge in [-0.05, 0) is 18.9 Å². The van der Waals surface area contributed by atoms with Crippen molar-refractivity contribution < 1.29 is 9.53 Å². The van der Waals surface area contributed by atoms with Crippen LogP contribution in [0.15, 0.2) is 36.4 Å². The third-order valence-electron chi connectivity index (χ3n) is 4.97. The fourth-order valence-corrected chi connectivity index (χ4v) is 3.53. The van der Waals surface area contributed by atoms with Gasteiger partial charge in [-0.3, -0.25) is 10.00 Å². The minimum absolute atomic E-state index is 0.0628. The number of urea groups is 1. The average Bonchev–Trinajstić information content (AvgIpc) is 3.16. The van der Waals surface area contributed by atoms with Gasteiger partial charge >= 0.3 is 6.03 Å². The predicted molar refractivity (Wildman–Crippen MR) is 97.8 cm³/mol. The third kappa shape index (κ3) is 3.85. The molecular weight excluding hydrogens is 316 g/mol. The van der Waals surface area contributed by atoms with E-state index in [4.69, 9.17) is 4.74 Å². The van der Waals surface area contributed by atoms with Crippen molar-refractivity contribution in [3.8, 4) is 0 Å². The standard InChI is InChI=1S/C19H26N4O2/c1-14-17(15-7-5-4-6-8-15)9-11-23(14)19(24)20-18-13-16(10-12-25-3)21-22(18)2/h4-8,13-14,17H,9-12H2,1-3H3,(H,20,24). The number of anilines is 1. The van der Waals surface area contributed by atoms with Gasteiger partial charge in [0.15, 0.2) is 0 Å². The smallest absolute Gasteiger partial charge is 0.323 e. The van der Waals surface area contributed by atoms with Crippen LogP contribution < -0.4 is 5.32 Å². The summed E-state index contributed by atoms with van der Waals surface area (Å²) in [4.78, 5) is 14.6. The molecule has 134 valence electrons. The Morgan fingerprint density at radius 2 is 2.12 bits per heavy atom. The number of ether oxygens (including phenoxy) is 1. The molecule has 1 aliphatic heterocycles. The van der Waals surface area contributed by atoms with Crippen LogP contribution in [0, 0.1) is 0 Å². The molecule has 1 N–H and O–H groups in total. The van der Waals surface area contributed by atoms with Gasteiger partial charge in [-0.25, -0.2) is 4.79 Å². The van der Waals surface area contributed by atoms with E-state index in [0.29, 0.717) is 18.3 Å². The molecule has 1 aliphatic rings. The highest BCUT2D eigenvalue weighted by atomic mass is 16.5. The number of hydrogen-bond donors (Lipinski definition) is 1. The third-order valence-corrected chi connectivity index (χ3v) is 4.97. The lowest BCUT2D eigenvalue weighted by atomic mass is 9.93. The first kappa shape index (κ1) is 17.5. The number of carbonyl (C=O) groups excluding carboxylic acids is 1. The summed E-state index contributed by atoms with van der Waals surface area (Å²) in [5.41, 5.74) is 2.21. The molecule has 0 radical (unpaired) electrons. The van der Waals surface area contributed by atoms with E-state index in [9.17, 15) is 4.79 Å². The summed E-state index contributed by atoms with van der Waals surface area (Å²) in [6.45, 7) is 3.50. The van der Waals surface area contributed by atoms with E-state index in [1.807, 2.05) is 24.1 Å². The van der Waals surface area contributed by atoms with E-state index in [0.717, 1.165) is 25.1 Å². The van der Waals surface area contributed by atoms with Gasteiger partial charge < -0.3 is 9.64 Å². The zero-order valence-electron chi connectivity index (χ0n) is 15.1. The second kappa shape index (κ2) is 7.70. The summed E-state index contributed by atoms with van der Waals surface area (Å²) < 4.78 is 6.79. The summed E-state index contributed by atoms with van der Waals surface area (Å²) in [6.07, 6.45) is 1.72. The first-order chi connectivity index (χ1) is 12.1. The number of benzene rings is 1. The fourth-order valence-electron chi connectivity index (χ4n) is 3.53. The Labute approximate surface area is 148 Å². The highest BCUT2D eigenvalue weighted by Crippen LogP contribution is 2.33. The Bertz CT molecular complexity index is 713.